The Morgan fingerprint density at radius 1 is 1.04 bits per heavy atom. The molecule has 0 fully saturated rings. The van der Waals surface area contributed by atoms with Gasteiger partial charge in [-0.05, 0) is 50.2 Å². The fourth-order valence-electron chi connectivity index (χ4n) is 2.55. The van der Waals surface area contributed by atoms with E-state index in [0.717, 1.165) is 23.3 Å². The number of carbonyl (C=O) groups excluding carboxylic acids is 2. The van der Waals surface area contributed by atoms with E-state index in [-0.39, 0.29) is 18.2 Å². The molecule has 0 atom stereocenters. The number of rotatable bonds is 5. The second-order valence-corrected chi connectivity index (χ2v) is 6.16. The number of halogens is 3. The van der Waals surface area contributed by atoms with Gasteiger partial charge in [-0.3, -0.25) is 9.59 Å². The topological polar surface area (TPSA) is 58.6 Å². The Balaban J connectivity index is 1.95. The van der Waals surface area contributed by atoms with Gasteiger partial charge in [0.15, 0.2) is 0 Å². The van der Waals surface area contributed by atoms with Gasteiger partial charge in [0.1, 0.15) is 5.75 Å². The first kappa shape index (κ1) is 20.3. The molecule has 0 saturated heterocycles. The summed E-state index contributed by atoms with van der Waals surface area (Å²) in [4.78, 5) is 25.8. The molecule has 2 aromatic rings. The van der Waals surface area contributed by atoms with Gasteiger partial charge in [-0.2, -0.15) is 0 Å². The minimum absolute atomic E-state index is 0.202. The zero-order chi connectivity index (χ0) is 20.2. The van der Waals surface area contributed by atoms with E-state index in [1.807, 2.05) is 19.9 Å². The molecule has 144 valence electrons. The summed E-state index contributed by atoms with van der Waals surface area (Å²) < 4.78 is 40.2. The van der Waals surface area contributed by atoms with Crippen LogP contribution in [0.3, 0.4) is 0 Å². The molecule has 8 heteroatoms. The summed E-state index contributed by atoms with van der Waals surface area (Å²) in [6.45, 7) is 3.55. The lowest BCUT2D eigenvalue weighted by atomic mass is 10.1. The largest absolute Gasteiger partial charge is 0.573 e. The van der Waals surface area contributed by atoms with Crippen molar-refractivity contribution in [2.24, 2.45) is 0 Å². The monoisotopic (exact) mass is 380 g/mol. The third-order valence-corrected chi connectivity index (χ3v) is 3.57. The molecule has 0 heterocycles. The van der Waals surface area contributed by atoms with E-state index in [2.05, 4.69) is 10.1 Å². The van der Waals surface area contributed by atoms with Crippen LogP contribution in [0, 0.1) is 13.8 Å². The number of benzene rings is 2. The molecule has 27 heavy (non-hydrogen) atoms. The van der Waals surface area contributed by atoms with Crippen molar-refractivity contribution in [2.75, 3.05) is 18.9 Å². The highest BCUT2D eigenvalue weighted by Crippen LogP contribution is 2.24. The van der Waals surface area contributed by atoms with Gasteiger partial charge in [0.2, 0.25) is 5.91 Å². The molecule has 0 radical (unpaired) electrons. The molecule has 1 N–H and O–H groups in total. The summed E-state index contributed by atoms with van der Waals surface area (Å²) in [5.74, 6) is -1.16. The number of aryl methyl sites for hydroxylation is 2. The predicted octanol–water partition coefficient (Wildman–Crippen LogP) is 3.91. The molecular formula is C19H19F3N2O3. The van der Waals surface area contributed by atoms with E-state index in [1.54, 1.807) is 12.1 Å². The lowest BCUT2D eigenvalue weighted by Crippen LogP contribution is -2.35. The minimum Gasteiger partial charge on any atom is -0.406 e. The highest BCUT2D eigenvalue weighted by Gasteiger charge is 2.31. The Morgan fingerprint density at radius 3 is 2.11 bits per heavy atom. The highest BCUT2D eigenvalue weighted by molar-refractivity contribution is 5.99. The average molecular weight is 380 g/mol. The van der Waals surface area contributed by atoms with Gasteiger partial charge in [0, 0.05) is 18.3 Å². The van der Waals surface area contributed by atoms with Crippen molar-refractivity contribution in [3.05, 3.63) is 59.2 Å². The van der Waals surface area contributed by atoms with Crippen LogP contribution >= 0.6 is 0 Å². The Morgan fingerprint density at radius 2 is 1.59 bits per heavy atom. The van der Waals surface area contributed by atoms with Gasteiger partial charge >= 0.3 is 6.36 Å². The average Bonchev–Trinajstić information content (AvgIpc) is 2.53. The van der Waals surface area contributed by atoms with Gasteiger partial charge < -0.3 is 15.0 Å². The zero-order valence-corrected chi connectivity index (χ0v) is 15.1. The first-order valence-electron chi connectivity index (χ1n) is 8.03. The van der Waals surface area contributed by atoms with E-state index in [4.69, 9.17) is 0 Å². The van der Waals surface area contributed by atoms with Crippen molar-refractivity contribution in [2.45, 2.75) is 20.2 Å². The summed E-state index contributed by atoms with van der Waals surface area (Å²) in [5, 5.41) is 2.52. The van der Waals surface area contributed by atoms with E-state index in [0.29, 0.717) is 11.3 Å². The van der Waals surface area contributed by atoms with Crippen LogP contribution in [0.25, 0.3) is 0 Å². The van der Waals surface area contributed by atoms with E-state index in [9.17, 15) is 22.8 Å². The number of nitrogens with zero attached hydrogens (tertiary/aromatic N) is 1. The first-order chi connectivity index (χ1) is 12.5. The van der Waals surface area contributed by atoms with Crippen molar-refractivity contribution >= 4 is 17.5 Å². The van der Waals surface area contributed by atoms with Crippen LogP contribution in [0.5, 0.6) is 5.75 Å². The molecular weight excluding hydrogens is 361 g/mol. The molecule has 2 aromatic carbocycles. The highest BCUT2D eigenvalue weighted by atomic mass is 19.4. The number of likely N-dealkylation sites (N-methyl/N-ethyl adjacent to an activating group) is 1. The zero-order valence-electron chi connectivity index (χ0n) is 15.1. The number of alkyl halides is 3. The van der Waals surface area contributed by atoms with Crippen LogP contribution in [0.1, 0.15) is 21.5 Å². The maximum Gasteiger partial charge on any atom is 0.573 e. The predicted molar refractivity (Wildman–Crippen MR) is 94.6 cm³/mol. The number of hydrogen-bond donors (Lipinski definition) is 1. The van der Waals surface area contributed by atoms with Crippen molar-refractivity contribution in [1.82, 2.24) is 4.90 Å². The minimum atomic E-state index is -4.78. The van der Waals surface area contributed by atoms with Gasteiger partial charge in [0.25, 0.3) is 5.91 Å². The van der Waals surface area contributed by atoms with Crippen molar-refractivity contribution < 1.29 is 27.5 Å². The lowest BCUT2D eigenvalue weighted by Gasteiger charge is -2.17. The lowest BCUT2D eigenvalue weighted by molar-refractivity contribution is -0.274. The molecule has 0 saturated carbocycles. The number of amides is 2. The normalized spacial score (nSPS) is 11.0. The first-order valence-corrected chi connectivity index (χ1v) is 8.03. The van der Waals surface area contributed by atoms with Crippen LogP contribution in [-0.2, 0) is 4.79 Å². The van der Waals surface area contributed by atoms with Crippen LogP contribution in [0.2, 0.25) is 0 Å². The summed E-state index contributed by atoms with van der Waals surface area (Å²) in [6, 6.07) is 10.2. The maximum atomic E-state index is 12.4. The van der Waals surface area contributed by atoms with Crippen LogP contribution < -0.4 is 10.1 Å². The second-order valence-electron chi connectivity index (χ2n) is 6.16. The Bertz CT molecular complexity index is 813. The maximum absolute atomic E-state index is 12.4. The fraction of sp³-hybridized carbons (Fsp3) is 0.263. The third kappa shape index (κ3) is 6.32. The van der Waals surface area contributed by atoms with Gasteiger partial charge in [0.05, 0.1) is 6.54 Å². The number of ether oxygens (including phenoxy) is 1. The molecule has 2 rings (SSSR count). The van der Waals surface area contributed by atoms with Crippen molar-refractivity contribution in [3.8, 4) is 5.75 Å². The van der Waals surface area contributed by atoms with Gasteiger partial charge in [-0.15, -0.1) is 13.2 Å². The Hall–Kier alpha value is -3.03. The number of carbonyl (C=O) groups is 2. The van der Waals surface area contributed by atoms with Crippen LogP contribution in [0.4, 0.5) is 18.9 Å². The SMILES string of the molecule is Cc1cc(C)cc(C(=O)N(C)CC(=O)Nc2ccc(OC(F)(F)F)cc2)c1. The molecule has 2 amide bonds. The van der Waals surface area contributed by atoms with Gasteiger partial charge in [-0.1, -0.05) is 17.2 Å². The summed E-state index contributed by atoms with van der Waals surface area (Å²) in [6.07, 6.45) is -4.78. The van der Waals surface area contributed by atoms with E-state index < -0.39 is 12.3 Å². The smallest absolute Gasteiger partial charge is 0.406 e. The standard InChI is InChI=1S/C19H19F3N2O3/c1-12-8-13(2)10-14(9-12)18(26)24(3)11-17(25)23-15-4-6-16(7-5-15)27-19(20,21)22/h4-10H,11H2,1-3H3,(H,23,25). The number of hydrogen-bond acceptors (Lipinski definition) is 3. The fourth-order valence-corrected chi connectivity index (χ4v) is 2.55. The Kier molecular flexibility index (Phi) is 6.09. The molecule has 0 aliphatic carbocycles. The second kappa shape index (κ2) is 8.11. The van der Waals surface area contributed by atoms with Crippen LogP contribution in [0.15, 0.2) is 42.5 Å². The molecule has 0 unspecified atom stereocenters. The molecule has 0 aliphatic heterocycles. The molecule has 0 spiro atoms. The summed E-state index contributed by atoms with van der Waals surface area (Å²) >= 11 is 0. The third-order valence-electron chi connectivity index (χ3n) is 3.57. The molecule has 0 bridgehead atoms. The number of anilines is 1. The van der Waals surface area contributed by atoms with Gasteiger partial charge in [-0.25, -0.2) is 0 Å². The molecule has 0 aromatic heterocycles. The number of nitrogens with one attached hydrogen (secondary N) is 1. The van der Waals surface area contributed by atoms with Crippen LogP contribution in [-0.4, -0.2) is 36.7 Å². The Labute approximate surface area is 154 Å². The molecule has 0 aliphatic rings. The summed E-state index contributed by atoms with van der Waals surface area (Å²) in [5.41, 5.74) is 2.66. The summed E-state index contributed by atoms with van der Waals surface area (Å²) in [7, 11) is 1.50. The van der Waals surface area contributed by atoms with E-state index >= 15 is 0 Å². The van der Waals surface area contributed by atoms with Crippen molar-refractivity contribution in [1.29, 1.82) is 0 Å². The van der Waals surface area contributed by atoms with Crippen molar-refractivity contribution in [3.63, 3.8) is 0 Å². The van der Waals surface area contributed by atoms with E-state index in [1.165, 1.54) is 24.1 Å². The quantitative estimate of drug-likeness (QED) is 0.856. The molecule has 5 nitrogen and oxygen atoms in total.